The smallest absolute Gasteiger partial charge is 0.159 e. The topological polar surface area (TPSA) is 17.1 Å². The van der Waals surface area contributed by atoms with Crippen molar-refractivity contribution in [3.63, 3.8) is 0 Å². The second-order valence-electron chi connectivity index (χ2n) is 4.50. The molecular weight excluding hydrogens is 240 g/mol. The second kappa shape index (κ2) is 3.85. The molecular formula is C12H15BrO. The van der Waals surface area contributed by atoms with Crippen LogP contribution in [-0.2, 0) is 5.41 Å². The van der Waals surface area contributed by atoms with Crippen molar-refractivity contribution in [3.8, 4) is 0 Å². The van der Waals surface area contributed by atoms with Crippen LogP contribution in [0.25, 0.3) is 0 Å². The molecule has 0 saturated heterocycles. The van der Waals surface area contributed by atoms with E-state index in [1.165, 1.54) is 5.56 Å². The molecule has 2 heteroatoms. The van der Waals surface area contributed by atoms with Crippen LogP contribution in [0.3, 0.4) is 0 Å². The molecule has 0 amide bonds. The van der Waals surface area contributed by atoms with Crippen molar-refractivity contribution in [2.45, 2.75) is 33.1 Å². The maximum Gasteiger partial charge on any atom is 0.159 e. The van der Waals surface area contributed by atoms with E-state index in [2.05, 4.69) is 36.7 Å². The Morgan fingerprint density at radius 1 is 1.29 bits per heavy atom. The lowest BCUT2D eigenvalue weighted by atomic mass is 9.86. The van der Waals surface area contributed by atoms with E-state index in [1.807, 2.05) is 18.2 Å². The van der Waals surface area contributed by atoms with Crippen LogP contribution in [0, 0.1) is 0 Å². The number of carbonyl (C=O) groups is 1. The van der Waals surface area contributed by atoms with Crippen LogP contribution in [0.1, 0.15) is 43.6 Å². The first-order valence-electron chi connectivity index (χ1n) is 4.63. The van der Waals surface area contributed by atoms with E-state index in [4.69, 9.17) is 0 Å². The quantitative estimate of drug-likeness (QED) is 0.694. The van der Waals surface area contributed by atoms with Gasteiger partial charge in [-0.05, 0) is 30.0 Å². The number of benzene rings is 1. The summed E-state index contributed by atoms with van der Waals surface area (Å²) in [6.45, 7) is 8.00. The predicted molar refractivity (Wildman–Crippen MR) is 62.8 cm³/mol. The van der Waals surface area contributed by atoms with Gasteiger partial charge in [0.25, 0.3) is 0 Å². The molecule has 0 fully saturated rings. The summed E-state index contributed by atoms with van der Waals surface area (Å²) in [5, 5.41) is 0. The van der Waals surface area contributed by atoms with Gasteiger partial charge in [0.2, 0.25) is 0 Å². The van der Waals surface area contributed by atoms with Gasteiger partial charge in [-0.1, -0.05) is 42.8 Å². The first-order valence-corrected chi connectivity index (χ1v) is 5.42. The molecule has 1 aromatic carbocycles. The standard InChI is InChI=1S/C12H15BrO/c1-8(14)9-5-6-11(13)10(7-9)12(2,3)4/h5-7H,1-4H3. The van der Waals surface area contributed by atoms with Gasteiger partial charge in [0.1, 0.15) is 0 Å². The zero-order valence-corrected chi connectivity index (χ0v) is 10.6. The number of hydrogen-bond acceptors (Lipinski definition) is 1. The normalized spacial score (nSPS) is 11.5. The molecule has 0 bridgehead atoms. The molecule has 0 aromatic heterocycles. The summed E-state index contributed by atoms with van der Waals surface area (Å²) in [5.41, 5.74) is 2.01. The lowest BCUT2D eigenvalue weighted by Gasteiger charge is -2.21. The van der Waals surface area contributed by atoms with Gasteiger partial charge in [-0.2, -0.15) is 0 Å². The zero-order valence-electron chi connectivity index (χ0n) is 9.02. The van der Waals surface area contributed by atoms with Crippen molar-refractivity contribution < 1.29 is 4.79 Å². The van der Waals surface area contributed by atoms with Gasteiger partial charge in [0.05, 0.1) is 0 Å². The summed E-state index contributed by atoms with van der Waals surface area (Å²) in [4.78, 5) is 11.2. The molecule has 0 atom stereocenters. The van der Waals surface area contributed by atoms with Crippen molar-refractivity contribution >= 4 is 21.7 Å². The highest BCUT2D eigenvalue weighted by atomic mass is 79.9. The highest BCUT2D eigenvalue weighted by molar-refractivity contribution is 9.10. The van der Waals surface area contributed by atoms with Crippen LogP contribution in [0.2, 0.25) is 0 Å². The monoisotopic (exact) mass is 254 g/mol. The lowest BCUT2D eigenvalue weighted by molar-refractivity contribution is 0.101. The van der Waals surface area contributed by atoms with Crippen molar-refractivity contribution in [2.75, 3.05) is 0 Å². The molecule has 0 saturated carbocycles. The molecule has 1 nitrogen and oxygen atoms in total. The Bertz CT molecular complexity index is 361. The maximum atomic E-state index is 11.2. The number of hydrogen-bond donors (Lipinski definition) is 0. The van der Waals surface area contributed by atoms with Gasteiger partial charge in [0.15, 0.2) is 5.78 Å². The molecule has 14 heavy (non-hydrogen) atoms. The number of Topliss-reactive ketones (excluding diaryl/α,β-unsaturated/α-hetero) is 1. The molecule has 0 aliphatic heterocycles. The summed E-state index contributed by atoms with van der Waals surface area (Å²) in [5.74, 6) is 0.114. The van der Waals surface area contributed by atoms with Gasteiger partial charge in [-0.15, -0.1) is 0 Å². The lowest BCUT2D eigenvalue weighted by Crippen LogP contribution is -2.13. The Labute approximate surface area is 93.7 Å². The summed E-state index contributed by atoms with van der Waals surface area (Å²) < 4.78 is 1.06. The SMILES string of the molecule is CC(=O)c1ccc(Br)c(C(C)(C)C)c1. The number of halogens is 1. The molecule has 1 aromatic rings. The Morgan fingerprint density at radius 2 is 1.86 bits per heavy atom. The summed E-state index contributed by atoms with van der Waals surface area (Å²) in [6, 6.07) is 5.76. The fourth-order valence-corrected chi connectivity index (χ4v) is 2.16. The van der Waals surface area contributed by atoms with Crippen LogP contribution < -0.4 is 0 Å². The van der Waals surface area contributed by atoms with Crippen LogP contribution in [0.4, 0.5) is 0 Å². The zero-order chi connectivity index (χ0) is 10.9. The van der Waals surface area contributed by atoms with Gasteiger partial charge in [0, 0.05) is 10.0 Å². The van der Waals surface area contributed by atoms with Crippen LogP contribution in [-0.4, -0.2) is 5.78 Å². The maximum absolute atomic E-state index is 11.2. The van der Waals surface area contributed by atoms with E-state index >= 15 is 0 Å². The number of rotatable bonds is 1. The highest BCUT2D eigenvalue weighted by Gasteiger charge is 2.17. The molecule has 0 heterocycles. The van der Waals surface area contributed by atoms with Crippen molar-refractivity contribution in [2.24, 2.45) is 0 Å². The fraction of sp³-hybridized carbons (Fsp3) is 0.417. The minimum Gasteiger partial charge on any atom is -0.295 e. The van der Waals surface area contributed by atoms with E-state index in [0.717, 1.165) is 10.0 Å². The first-order chi connectivity index (χ1) is 6.32. The largest absolute Gasteiger partial charge is 0.295 e. The predicted octanol–water partition coefficient (Wildman–Crippen LogP) is 3.95. The van der Waals surface area contributed by atoms with Crippen LogP contribution >= 0.6 is 15.9 Å². The third-order valence-electron chi connectivity index (χ3n) is 2.18. The van der Waals surface area contributed by atoms with Crippen molar-refractivity contribution in [3.05, 3.63) is 33.8 Å². The molecule has 76 valence electrons. The average molecular weight is 255 g/mol. The minimum absolute atomic E-state index is 0.0598. The van der Waals surface area contributed by atoms with E-state index < -0.39 is 0 Å². The van der Waals surface area contributed by atoms with Gasteiger partial charge >= 0.3 is 0 Å². The summed E-state index contributed by atoms with van der Waals surface area (Å²) in [7, 11) is 0. The Hall–Kier alpha value is -0.630. The van der Waals surface area contributed by atoms with E-state index in [1.54, 1.807) is 6.92 Å². The summed E-state index contributed by atoms with van der Waals surface area (Å²) in [6.07, 6.45) is 0. The van der Waals surface area contributed by atoms with Crippen molar-refractivity contribution in [1.82, 2.24) is 0 Å². The Balaban J connectivity index is 3.29. The van der Waals surface area contributed by atoms with Crippen LogP contribution in [0.15, 0.2) is 22.7 Å². The van der Waals surface area contributed by atoms with Gasteiger partial charge in [-0.3, -0.25) is 4.79 Å². The molecule has 0 aliphatic rings. The number of carbonyl (C=O) groups excluding carboxylic acids is 1. The van der Waals surface area contributed by atoms with Crippen molar-refractivity contribution in [1.29, 1.82) is 0 Å². The van der Waals surface area contributed by atoms with E-state index in [-0.39, 0.29) is 11.2 Å². The molecule has 0 aliphatic carbocycles. The first kappa shape index (κ1) is 11.4. The molecule has 0 unspecified atom stereocenters. The summed E-state index contributed by atoms with van der Waals surface area (Å²) >= 11 is 3.50. The Morgan fingerprint density at radius 3 is 2.29 bits per heavy atom. The average Bonchev–Trinajstić information content (AvgIpc) is 2.02. The minimum atomic E-state index is 0.0598. The second-order valence-corrected chi connectivity index (χ2v) is 5.36. The third kappa shape index (κ3) is 2.44. The van der Waals surface area contributed by atoms with Crippen LogP contribution in [0.5, 0.6) is 0 Å². The number of ketones is 1. The third-order valence-corrected chi connectivity index (χ3v) is 2.87. The highest BCUT2D eigenvalue weighted by Crippen LogP contribution is 2.30. The molecule has 1 rings (SSSR count). The fourth-order valence-electron chi connectivity index (χ4n) is 1.32. The molecule has 0 radical (unpaired) electrons. The van der Waals surface area contributed by atoms with E-state index in [9.17, 15) is 4.79 Å². The van der Waals surface area contributed by atoms with E-state index in [0.29, 0.717) is 0 Å². The molecule has 0 spiro atoms. The Kier molecular flexibility index (Phi) is 3.15. The van der Waals surface area contributed by atoms with Gasteiger partial charge < -0.3 is 0 Å². The molecule has 0 N–H and O–H groups in total. The van der Waals surface area contributed by atoms with Gasteiger partial charge in [-0.25, -0.2) is 0 Å².